The molecule has 138 valence electrons. The van der Waals surface area contributed by atoms with Gasteiger partial charge in [-0.25, -0.2) is 8.42 Å². The van der Waals surface area contributed by atoms with Gasteiger partial charge in [0, 0.05) is 18.2 Å². The molecule has 3 unspecified atom stereocenters. The number of nitrogens with one attached hydrogen (secondary N) is 1. The molecule has 3 N–H and O–H groups in total. The lowest BCUT2D eigenvalue weighted by Gasteiger charge is -2.43. The summed E-state index contributed by atoms with van der Waals surface area (Å²) in [4.78, 5) is 13.0. The molecule has 1 aromatic carbocycles. The number of benzene rings is 1. The van der Waals surface area contributed by atoms with Gasteiger partial charge in [0.25, 0.3) is 0 Å². The normalized spacial score (nSPS) is 30.5. The third kappa shape index (κ3) is 4.06. The van der Waals surface area contributed by atoms with Crippen LogP contribution in [0.2, 0.25) is 0 Å². The van der Waals surface area contributed by atoms with E-state index >= 15 is 0 Å². The molecule has 3 atom stereocenters. The van der Waals surface area contributed by atoms with Gasteiger partial charge in [0.15, 0.2) is 9.84 Å². The molecular weight excluding hydrogens is 336 g/mol. The van der Waals surface area contributed by atoms with E-state index in [-0.39, 0.29) is 23.9 Å². The molecule has 0 aliphatic heterocycles. The van der Waals surface area contributed by atoms with E-state index in [2.05, 4.69) is 5.32 Å². The average molecular weight is 365 g/mol. The van der Waals surface area contributed by atoms with Crippen LogP contribution in [0, 0.1) is 17.8 Å². The molecule has 0 saturated heterocycles. The Bertz CT molecular complexity index is 716. The van der Waals surface area contributed by atoms with E-state index in [1.807, 2.05) is 6.92 Å². The van der Waals surface area contributed by atoms with E-state index in [1.165, 1.54) is 12.7 Å². The summed E-state index contributed by atoms with van der Waals surface area (Å²) in [5.74, 6) is 1.11. The Labute approximate surface area is 150 Å². The highest BCUT2D eigenvalue weighted by atomic mass is 32.2. The molecule has 5 nitrogen and oxygen atoms in total. The molecule has 0 aromatic heterocycles. The molecular formula is C19H28N2O3S. The summed E-state index contributed by atoms with van der Waals surface area (Å²) in [5, 5.41) is 3.10. The number of sulfone groups is 1. The van der Waals surface area contributed by atoms with Gasteiger partial charge in [-0.2, -0.15) is 0 Å². The van der Waals surface area contributed by atoms with Gasteiger partial charge >= 0.3 is 0 Å². The van der Waals surface area contributed by atoms with E-state index in [4.69, 9.17) is 5.73 Å². The van der Waals surface area contributed by atoms with E-state index < -0.39 is 9.84 Å². The van der Waals surface area contributed by atoms with E-state index in [1.54, 1.807) is 24.3 Å². The fourth-order valence-corrected chi connectivity index (χ4v) is 5.05. The lowest BCUT2D eigenvalue weighted by atomic mass is 9.65. The second-order valence-corrected chi connectivity index (χ2v) is 9.78. The molecule has 2 aliphatic rings. The number of fused-ring (bicyclic) bond motifs is 2. The van der Waals surface area contributed by atoms with Crippen molar-refractivity contribution in [2.45, 2.75) is 56.0 Å². The molecule has 3 rings (SSSR count). The van der Waals surface area contributed by atoms with E-state index in [0.717, 1.165) is 31.2 Å². The zero-order valence-corrected chi connectivity index (χ0v) is 15.8. The Kier molecular flexibility index (Phi) is 5.21. The molecule has 0 heterocycles. The molecule has 2 bridgehead atoms. The van der Waals surface area contributed by atoms with Gasteiger partial charge in [-0.3, -0.25) is 4.79 Å². The first-order valence-electron chi connectivity index (χ1n) is 9.11. The van der Waals surface area contributed by atoms with Crippen LogP contribution in [-0.4, -0.2) is 26.6 Å². The highest BCUT2D eigenvalue weighted by molar-refractivity contribution is 7.90. The third-order valence-electron chi connectivity index (χ3n) is 5.95. The van der Waals surface area contributed by atoms with Crippen molar-refractivity contribution in [3.05, 3.63) is 29.8 Å². The van der Waals surface area contributed by atoms with Crippen LogP contribution < -0.4 is 11.1 Å². The summed E-state index contributed by atoms with van der Waals surface area (Å²) in [5.41, 5.74) is 7.22. The van der Waals surface area contributed by atoms with Crippen molar-refractivity contribution in [1.29, 1.82) is 0 Å². The Morgan fingerprint density at radius 3 is 2.24 bits per heavy atom. The minimum absolute atomic E-state index is 0.0489. The first-order valence-corrected chi connectivity index (χ1v) is 11.0. The standard InChI is InChI=1S/C19H28N2O3S/c1-12(13-6-8-17(9-7-13)25(2,23)24)21-19(22)16-10-14-4-3-5-15(11-16)18(14)20/h6-9,12,14-16,18H,3-5,10-11,20H2,1-2H3,(H,21,22). The molecule has 1 aromatic rings. The SMILES string of the molecule is CC(NC(=O)C1CC2CCCC(C1)C2N)c1ccc(S(C)(=O)=O)cc1. The number of carbonyl (C=O) groups is 1. The summed E-state index contributed by atoms with van der Waals surface area (Å²) in [6, 6.07) is 6.85. The van der Waals surface area contributed by atoms with Gasteiger partial charge < -0.3 is 11.1 Å². The minimum atomic E-state index is -3.20. The highest BCUT2D eigenvalue weighted by Crippen LogP contribution is 2.42. The first-order chi connectivity index (χ1) is 11.8. The third-order valence-corrected chi connectivity index (χ3v) is 7.08. The van der Waals surface area contributed by atoms with Gasteiger partial charge in [0.2, 0.25) is 5.91 Å². The van der Waals surface area contributed by atoms with E-state index in [9.17, 15) is 13.2 Å². The largest absolute Gasteiger partial charge is 0.349 e. The van der Waals surface area contributed by atoms with Crippen LogP contribution in [0.1, 0.15) is 50.6 Å². The van der Waals surface area contributed by atoms with Gasteiger partial charge in [0.1, 0.15) is 0 Å². The van der Waals surface area contributed by atoms with Gasteiger partial charge in [-0.05, 0) is 62.1 Å². The molecule has 1 amide bonds. The van der Waals surface area contributed by atoms with Crippen molar-refractivity contribution in [1.82, 2.24) is 5.32 Å². The lowest BCUT2D eigenvalue weighted by Crippen LogP contribution is -2.49. The quantitative estimate of drug-likeness (QED) is 0.859. The summed E-state index contributed by atoms with van der Waals surface area (Å²) in [7, 11) is -3.20. The topological polar surface area (TPSA) is 89.3 Å². The molecule has 2 saturated carbocycles. The number of hydrogen-bond acceptors (Lipinski definition) is 4. The van der Waals surface area contributed by atoms with Gasteiger partial charge in [-0.1, -0.05) is 18.6 Å². The molecule has 6 heteroatoms. The maximum Gasteiger partial charge on any atom is 0.223 e. The van der Waals surface area contributed by atoms with Crippen LogP contribution in [-0.2, 0) is 14.6 Å². The second kappa shape index (κ2) is 7.08. The summed E-state index contributed by atoms with van der Waals surface area (Å²) in [6.07, 6.45) is 6.50. The number of amides is 1. The summed E-state index contributed by atoms with van der Waals surface area (Å²) in [6.45, 7) is 1.93. The van der Waals surface area contributed by atoms with Crippen LogP contribution in [0.15, 0.2) is 29.2 Å². The van der Waals surface area contributed by atoms with Crippen LogP contribution >= 0.6 is 0 Å². The van der Waals surface area contributed by atoms with Crippen molar-refractivity contribution in [2.24, 2.45) is 23.5 Å². The van der Waals surface area contributed by atoms with Gasteiger partial charge in [0.05, 0.1) is 10.9 Å². The van der Waals surface area contributed by atoms with E-state index in [0.29, 0.717) is 16.7 Å². The zero-order valence-electron chi connectivity index (χ0n) is 14.9. The maximum absolute atomic E-state index is 12.7. The Hall–Kier alpha value is -1.40. The number of rotatable bonds is 4. The Morgan fingerprint density at radius 1 is 1.16 bits per heavy atom. The lowest BCUT2D eigenvalue weighted by molar-refractivity contribution is -0.128. The number of hydrogen-bond donors (Lipinski definition) is 2. The summed E-state index contributed by atoms with van der Waals surface area (Å²) >= 11 is 0. The molecule has 25 heavy (non-hydrogen) atoms. The van der Waals surface area contributed by atoms with Gasteiger partial charge in [-0.15, -0.1) is 0 Å². The smallest absolute Gasteiger partial charge is 0.223 e. The Balaban J connectivity index is 1.63. The van der Waals surface area contributed by atoms with Crippen LogP contribution in [0.25, 0.3) is 0 Å². The van der Waals surface area contributed by atoms with Crippen molar-refractivity contribution >= 4 is 15.7 Å². The van der Waals surface area contributed by atoms with Crippen molar-refractivity contribution in [3.8, 4) is 0 Å². The predicted molar refractivity (Wildman–Crippen MR) is 97.6 cm³/mol. The Morgan fingerprint density at radius 2 is 1.72 bits per heavy atom. The molecule has 0 spiro atoms. The zero-order chi connectivity index (χ0) is 18.2. The van der Waals surface area contributed by atoms with Crippen molar-refractivity contribution in [3.63, 3.8) is 0 Å². The maximum atomic E-state index is 12.7. The summed E-state index contributed by atoms with van der Waals surface area (Å²) < 4.78 is 23.1. The van der Waals surface area contributed by atoms with Crippen molar-refractivity contribution in [2.75, 3.05) is 6.26 Å². The molecule has 0 radical (unpaired) electrons. The fraction of sp³-hybridized carbons (Fsp3) is 0.632. The molecule has 2 aliphatic carbocycles. The monoisotopic (exact) mass is 364 g/mol. The predicted octanol–water partition coefficient (Wildman–Crippen LogP) is 2.42. The number of carbonyl (C=O) groups excluding carboxylic acids is 1. The first kappa shape index (κ1) is 18.4. The second-order valence-electron chi connectivity index (χ2n) is 7.77. The van der Waals surface area contributed by atoms with Crippen LogP contribution in [0.3, 0.4) is 0 Å². The van der Waals surface area contributed by atoms with Crippen molar-refractivity contribution < 1.29 is 13.2 Å². The number of nitrogens with two attached hydrogens (primary N) is 1. The van der Waals surface area contributed by atoms with Crippen LogP contribution in [0.5, 0.6) is 0 Å². The highest BCUT2D eigenvalue weighted by Gasteiger charge is 2.40. The minimum Gasteiger partial charge on any atom is -0.349 e. The fourth-order valence-electron chi connectivity index (χ4n) is 4.42. The molecule has 2 fully saturated rings. The van der Waals surface area contributed by atoms with Crippen LogP contribution in [0.4, 0.5) is 0 Å². The average Bonchev–Trinajstić information content (AvgIpc) is 2.53.